The Morgan fingerprint density at radius 2 is 2.33 bits per heavy atom. The molecular formula is C11H17NO3. The first kappa shape index (κ1) is 11.8. The summed E-state index contributed by atoms with van der Waals surface area (Å²) in [5.41, 5.74) is 0.600. The van der Waals surface area contributed by atoms with Gasteiger partial charge in [0.05, 0.1) is 6.54 Å². The Kier molecular flexibility index (Phi) is 4.34. The van der Waals surface area contributed by atoms with E-state index in [0.717, 1.165) is 13.0 Å². The van der Waals surface area contributed by atoms with E-state index in [1.807, 2.05) is 0 Å². The molecule has 0 aliphatic carbocycles. The molecule has 1 rings (SSSR count). The number of hydrogen-bond donors (Lipinski definition) is 0. The van der Waals surface area contributed by atoms with Crippen molar-refractivity contribution >= 4 is 11.9 Å². The molecule has 0 aromatic rings. The summed E-state index contributed by atoms with van der Waals surface area (Å²) in [7, 11) is 0. The van der Waals surface area contributed by atoms with Crippen molar-refractivity contribution in [2.45, 2.75) is 26.7 Å². The van der Waals surface area contributed by atoms with Gasteiger partial charge in [-0.25, -0.2) is 4.79 Å². The molecule has 0 saturated carbocycles. The molecule has 1 heterocycles. The zero-order valence-corrected chi connectivity index (χ0v) is 9.28. The quantitative estimate of drug-likeness (QED) is 0.517. The topological polar surface area (TPSA) is 46.6 Å². The predicted octanol–water partition coefficient (Wildman–Crippen LogP) is 1.12. The standard InChI is InChI=1S/C11H17NO3/c1-3-9(2)11(14)15-8-7-12-6-4-5-10(12)13/h3H,4-8H2,1-2H3/b9-3+. The second-order valence-electron chi connectivity index (χ2n) is 3.59. The highest BCUT2D eigenvalue weighted by Crippen LogP contribution is 2.08. The van der Waals surface area contributed by atoms with Crippen LogP contribution in [0.25, 0.3) is 0 Å². The lowest BCUT2D eigenvalue weighted by atomic mass is 10.3. The fourth-order valence-electron chi connectivity index (χ4n) is 1.42. The summed E-state index contributed by atoms with van der Waals surface area (Å²) in [4.78, 5) is 24.2. The molecule has 1 fully saturated rings. The van der Waals surface area contributed by atoms with E-state index in [-0.39, 0.29) is 18.5 Å². The van der Waals surface area contributed by atoms with E-state index in [1.165, 1.54) is 0 Å². The third kappa shape index (κ3) is 3.38. The SMILES string of the molecule is C/C=C(\C)C(=O)OCCN1CCCC1=O. The van der Waals surface area contributed by atoms with Crippen LogP contribution in [0.1, 0.15) is 26.7 Å². The van der Waals surface area contributed by atoms with Crippen LogP contribution in [-0.4, -0.2) is 36.5 Å². The third-order valence-electron chi connectivity index (χ3n) is 2.52. The number of ether oxygens (including phenoxy) is 1. The van der Waals surface area contributed by atoms with Crippen LogP contribution in [0.2, 0.25) is 0 Å². The number of amides is 1. The molecule has 1 amide bonds. The fraction of sp³-hybridized carbons (Fsp3) is 0.636. The number of likely N-dealkylation sites (tertiary alicyclic amines) is 1. The van der Waals surface area contributed by atoms with Crippen molar-refractivity contribution in [3.8, 4) is 0 Å². The lowest BCUT2D eigenvalue weighted by Crippen LogP contribution is -2.29. The van der Waals surface area contributed by atoms with E-state index in [1.54, 1.807) is 24.8 Å². The highest BCUT2D eigenvalue weighted by Gasteiger charge is 2.19. The Balaban J connectivity index is 2.21. The van der Waals surface area contributed by atoms with Gasteiger partial charge in [0.25, 0.3) is 0 Å². The minimum atomic E-state index is -0.302. The number of esters is 1. The van der Waals surface area contributed by atoms with Gasteiger partial charge < -0.3 is 9.64 Å². The highest BCUT2D eigenvalue weighted by atomic mass is 16.5. The van der Waals surface area contributed by atoms with Crippen LogP contribution in [0.4, 0.5) is 0 Å². The van der Waals surface area contributed by atoms with E-state index in [9.17, 15) is 9.59 Å². The van der Waals surface area contributed by atoms with Crippen molar-refractivity contribution in [3.63, 3.8) is 0 Å². The van der Waals surface area contributed by atoms with E-state index in [4.69, 9.17) is 4.74 Å². The predicted molar refractivity (Wildman–Crippen MR) is 56.2 cm³/mol. The van der Waals surface area contributed by atoms with Crippen LogP contribution in [0, 0.1) is 0 Å². The minimum Gasteiger partial charge on any atom is -0.460 e. The highest BCUT2D eigenvalue weighted by molar-refractivity contribution is 5.87. The summed E-state index contributed by atoms with van der Waals surface area (Å²) < 4.78 is 5.00. The fourth-order valence-corrected chi connectivity index (χ4v) is 1.42. The van der Waals surface area contributed by atoms with Crippen LogP contribution < -0.4 is 0 Å². The maximum absolute atomic E-state index is 11.2. The lowest BCUT2D eigenvalue weighted by molar-refractivity contribution is -0.141. The average Bonchev–Trinajstić information content (AvgIpc) is 2.63. The molecule has 1 aliphatic heterocycles. The molecule has 4 nitrogen and oxygen atoms in total. The van der Waals surface area contributed by atoms with Crippen LogP contribution in [0.5, 0.6) is 0 Å². The molecule has 0 aromatic heterocycles. The number of nitrogens with zero attached hydrogens (tertiary/aromatic N) is 1. The molecule has 15 heavy (non-hydrogen) atoms. The van der Waals surface area contributed by atoms with Gasteiger partial charge in [-0.05, 0) is 20.3 Å². The van der Waals surface area contributed by atoms with Crippen molar-refractivity contribution < 1.29 is 14.3 Å². The first-order valence-electron chi connectivity index (χ1n) is 5.23. The second-order valence-corrected chi connectivity index (χ2v) is 3.59. The number of allylic oxidation sites excluding steroid dienone is 1. The summed E-state index contributed by atoms with van der Waals surface area (Å²) in [6.07, 6.45) is 3.26. The number of carbonyl (C=O) groups excluding carboxylic acids is 2. The molecule has 4 heteroatoms. The van der Waals surface area contributed by atoms with E-state index < -0.39 is 0 Å². The normalized spacial score (nSPS) is 17.1. The smallest absolute Gasteiger partial charge is 0.333 e. The molecule has 0 radical (unpaired) electrons. The maximum Gasteiger partial charge on any atom is 0.333 e. The summed E-state index contributed by atoms with van der Waals surface area (Å²) in [6.45, 7) is 5.10. The maximum atomic E-state index is 11.2. The van der Waals surface area contributed by atoms with E-state index in [0.29, 0.717) is 18.5 Å². The van der Waals surface area contributed by atoms with Crippen LogP contribution in [-0.2, 0) is 14.3 Å². The van der Waals surface area contributed by atoms with Gasteiger partial charge in [0, 0.05) is 18.5 Å². The van der Waals surface area contributed by atoms with E-state index >= 15 is 0 Å². The number of carbonyl (C=O) groups is 2. The average molecular weight is 211 g/mol. The first-order valence-corrected chi connectivity index (χ1v) is 5.23. The van der Waals surface area contributed by atoms with Gasteiger partial charge in [0.2, 0.25) is 5.91 Å². The molecule has 0 bridgehead atoms. The molecule has 1 saturated heterocycles. The zero-order chi connectivity index (χ0) is 11.3. The minimum absolute atomic E-state index is 0.161. The summed E-state index contributed by atoms with van der Waals surface area (Å²) in [5.74, 6) is -0.141. The van der Waals surface area contributed by atoms with Crippen molar-refractivity contribution in [1.82, 2.24) is 4.90 Å². The van der Waals surface area contributed by atoms with Crippen molar-refractivity contribution in [3.05, 3.63) is 11.6 Å². The summed E-state index contributed by atoms with van der Waals surface area (Å²) in [5, 5.41) is 0. The van der Waals surface area contributed by atoms with Gasteiger partial charge >= 0.3 is 5.97 Å². The molecule has 0 atom stereocenters. The third-order valence-corrected chi connectivity index (χ3v) is 2.52. The molecule has 0 N–H and O–H groups in total. The van der Waals surface area contributed by atoms with Gasteiger partial charge in [0.15, 0.2) is 0 Å². The Labute approximate surface area is 89.9 Å². The molecular weight excluding hydrogens is 194 g/mol. The summed E-state index contributed by atoms with van der Waals surface area (Å²) >= 11 is 0. The Hall–Kier alpha value is -1.32. The first-order chi connectivity index (χ1) is 7.15. The van der Waals surface area contributed by atoms with E-state index in [2.05, 4.69) is 0 Å². The molecule has 0 aromatic carbocycles. The van der Waals surface area contributed by atoms with Gasteiger partial charge in [-0.2, -0.15) is 0 Å². The Morgan fingerprint density at radius 1 is 1.60 bits per heavy atom. The number of rotatable bonds is 4. The summed E-state index contributed by atoms with van der Waals surface area (Å²) in [6, 6.07) is 0. The molecule has 0 unspecified atom stereocenters. The Bertz CT molecular complexity index is 284. The lowest BCUT2D eigenvalue weighted by Gasteiger charge is -2.15. The zero-order valence-electron chi connectivity index (χ0n) is 9.28. The second kappa shape index (κ2) is 5.53. The number of hydrogen-bond acceptors (Lipinski definition) is 3. The molecule has 1 aliphatic rings. The van der Waals surface area contributed by atoms with Crippen molar-refractivity contribution in [2.24, 2.45) is 0 Å². The van der Waals surface area contributed by atoms with Crippen LogP contribution in [0.15, 0.2) is 11.6 Å². The van der Waals surface area contributed by atoms with Crippen molar-refractivity contribution in [1.29, 1.82) is 0 Å². The van der Waals surface area contributed by atoms with Crippen molar-refractivity contribution in [2.75, 3.05) is 19.7 Å². The largest absolute Gasteiger partial charge is 0.460 e. The molecule has 84 valence electrons. The Morgan fingerprint density at radius 3 is 2.87 bits per heavy atom. The molecule has 0 spiro atoms. The van der Waals surface area contributed by atoms with Gasteiger partial charge in [-0.15, -0.1) is 0 Å². The van der Waals surface area contributed by atoms with Crippen LogP contribution in [0.3, 0.4) is 0 Å². The van der Waals surface area contributed by atoms with Gasteiger partial charge in [0.1, 0.15) is 6.61 Å². The van der Waals surface area contributed by atoms with Gasteiger partial charge in [-0.1, -0.05) is 6.08 Å². The van der Waals surface area contributed by atoms with Gasteiger partial charge in [-0.3, -0.25) is 4.79 Å². The van der Waals surface area contributed by atoms with Crippen LogP contribution >= 0.6 is 0 Å². The monoisotopic (exact) mass is 211 g/mol.